The maximum atomic E-state index is 13.4. The quantitative estimate of drug-likeness (QED) is 0.855. The number of halogens is 2. The average Bonchev–Trinajstić information content (AvgIpc) is 2.48. The summed E-state index contributed by atoms with van der Waals surface area (Å²) in [6.45, 7) is 4.94. The molecule has 112 valence electrons. The van der Waals surface area contributed by atoms with Gasteiger partial charge in [-0.25, -0.2) is 14.4 Å². The minimum Gasteiger partial charge on any atom is -0.307 e. The van der Waals surface area contributed by atoms with Crippen molar-refractivity contribution >= 4 is 15.9 Å². The topological polar surface area (TPSA) is 37.8 Å². The van der Waals surface area contributed by atoms with E-state index >= 15 is 0 Å². The van der Waals surface area contributed by atoms with Gasteiger partial charge in [0.2, 0.25) is 0 Å². The first-order valence-electron chi connectivity index (χ1n) is 7.06. The summed E-state index contributed by atoms with van der Waals surface area (Å²) in [4.78, 5) is 8.79. The number of aryl methyl sites for hydroxylation is 1. The number of nitrogens with zero attached hydrogens (tertiary/aromatic N) is 2. The van der Waals surface area contributed by atoms with Crippen molar-refractivity contribution in [3.63, 3.8) is 0 Å². The lowest BCUT2D eigenvalue weighted by Gasteiger charge is -2.18. The summed E-state index contributed by atoms with van der Waals surface area (Å²) >= 11 is 3.48. The molecule has 0 fully saturated rings. The Bertz CT molecular complexity index is 587. The first-order valence-corrected chi connectivity index (χ1v) is 7.85. The van der Waals surface area contributed by atoms with Crippen LogP contribution < -0.4 is 5.32 Å². The van der Waals surface area contributed by atoms with Crippen LogP contribution in [0.15, 0.2) is 35.1 Å². The third-order valence-electron chi connectivity index (χ3n) is 3.19. The van der Waals surface area contributed by atoms with Gasteiger partial charge in [-0.05, 0) is 55.6 Å². The molecule has 1 unspecified atom stereocenters. The normalized spacial score (nSPS) is 12.4. The van der Waals surface area contributed by atoms with Crippen LogP contribution in [-0.4, -0.2) is 16.5 Å². The molecule has 1 N–H and O–H groups in total. The Hall–Kier alpha value is -1.33. The van der Waals surface area contributed by atoms with E-state index in [1.54, 1.807) is 12.1 Å². The lowest BCUT2D eigenvalue weighted by Crippen LogP contribution is -2.26. The minimum atomic E-state index is -0.229. The van der Waals surface area contributed by atoms with Gasteiger partial charge in [-0.15, -0.1) is 0 Å². The predicted molar refractivity (Wildman–Crippen MR) is 85.6 cm³/mol. The zero-order chi connectivity index (χ0) is 15.2. The van der Waals surface area contributed by atoms with Crippen molar-refractivity contribution in [1.82, 2.24) is 15.3 Å². The Morgan fingerprint density at radius 1 is 1.29 bits per heavy atom. The summed E-state index contributed by atoms with van der Waals surface area (Å²) in [6, 6.07) is 4.71. The Morgan fingerprint density at radius 2 is 2.00 bits per heavy atom. The van der Waals surface area contributed by atoms with Crippen LogP contribution in [0.3, 0.4) is 0 Å². The number of nitrogens with one attached hydrogen (secondary N) is 1. The van der Waals surface area contributed by atoms with Gasteiger partial charge in [0.1, 0.15) is 11.6 Å². The third-order valence-corrected chi connectivity index (χ3v) is 3.96. The number of hydrogen-bond acceptors (Lipinski definition) is 3. The molecule has 0 amide bonds. The van der Waals surface area contributed by atoms with Crippen LogP contribution in [0.25, 0.3) is 0 Å². The van der Waals surface area contributed by atoms with Gasteiger partial charge in [-0.1, -0.05) is 22.9 Å². The summed E-state index contributed by atoms with van der Waals surface area (Å²) in [5.74, 6) is 0.512. The molecule has 0 saturated heterocycles. The zero-order valence-electron chi connectivity index (χ0n) is 12.2. The van der Waals surface area contributed by atoms with E-state index in [9.17, 15) is 4.39 Å². The van der Waals surface area contributed by atoms with E-state index < -0.39 is 0 Å². The van der Waals surface area contributed by atoms with Crippen LogP contribution in [0.5, 0.6) is 0 Å². The van der Waals surface area contributed by atoms with Gasteiger partial charge in [-0.2, -0.15) is 0 Å². The number of hydrogen-bond donors (Lipinski definition) is 1. The van der Waals surface area contributed by atoms with Gasteiger partial charge in [0.25, 0.3) is 0 Å². The molecule has 0 radical (unpaired) electrons. The summed E-state index contributed by atoms with van der Waals surface area (Å²) in [5, 5.41) is 3.43. The van der Waals surface area contributed by atoms with Gasteiger partial charge in [-0.3, -0.25) is 0 Å². The second kappa shape index (κ2) is 7.61. The second-order valence-corrected chi connectivity index (χ2v) is 5.92. The molecule has 1 heterocycles. The van der Waals surface area contributed by atoms with E-state index in [1.807, 2.05) is 19.3 Å². The van der Waals surface area contributed by atoms with Gasteiger partial charge in [0, 0.05) is 16.9 Å². The molecule has 1 aromatic carbocycles. The van der Waals surface area contributed by atoms with Crippen molar-refractivity contribution in [3.05, 3.63) is 57.8 Å². The largest absolute Gasteiger partial charge is 0.307 e. The summed E-state index contributed by atoms with van der Waals surface area (Å²) in [6.07, 6.45) is 5.28. The smallest absolute Gasteiger partial charge is 0.145 e. The summed E-state index contributed by atoms with van der Waals surface area (Å²) < 4.78 is 14.3. The Kier molecular flexibility index (Phi) is 5.82. The first kappa shape index (κ1) is 16.0. The van der Waals surface area contributed by atoms with Gasteiger partial charge < -0.3 is 5.32 Å². The van der Waals surface area contributed by atoms with E-state index in [1.165, 1.54) is 6.07 Å². The molecule has 3 nitrogen and oxygen atoms in total. The average molecular weight is 352 g/mol. The fourth-order valence-electron chi connectivity index (χ4n) is 2.08. The van der Waals surface area contributed by atoms with Gasteiger partial charge in [0.15, 0.2) is 0 Å². The lowest BCUT2D eigenvalue weighted by molar-refractivity contribution is 0.502. The van der Waals surface area contributed by atoms with E-state index in [0.29, 0.717) is 6.42 Å². The van der Waals surface area contributed by atoms with E-state index in [-0.39, 0.29) is 11.9 Å². The highest BCUT2D eigenvalue weighted by Crippen LogP contribution is 2.23. The molecule has 0 aliphatic heterocycles. The second-order valence-electron chi connectivity index (χ2n) is 5.07. The fraction of sp³-hybridized carbons (Fsp3) is 0.375. The van der Waals surface area contributed by atoms with Crippen molar-refractivity contribution in [1.29, 1.82) is 0 Å². The van der Waals surface area contributed by atoms with Crippen molar-refractivity contribution < 1.29 is 4.39 Å². The van der Waals surface area contributed by atoms with E-state index in [2.05, 4.69) is 38.1 Å². The molecule has 0 bridgehead atoms. The molecule has 2 aromatic rings. The van der Waals surface area contributed by atoms with Crippen LogP contribution in [0.2, 0.25) is 0 Å². The van der Waals surface area contributed by atoms with Crippen molar-refractivity contribution in [2.75, 3.05) is 6.54 Å². The van der Waals surface area contributed by atoms with Crippen LogP contribution in [0.4, 0.5) is 4.39 Å². The molecule has 21 heavy (non-hydrogen) atoms. The van der Waals surface area contributed by atoms with Crippen molar-refractivity contribution in [3.8, 4) is 0 Å². The van der Waals surface area contributed by atoms with Crippen LogP contribution >= 0.6 is 15.9 Å². The Labute approximate surface area is 133 Å². The molecular formula is C16H19BrFN3. The Balaban J connectivity index is 2.23. The molecule has 0 saturated carbocycles. The first-order chi connectivity index (χ1) is 10.1. The molecule has 5 heteroatoms. The molecule has 2 rings (SSSR count). The van der Waals surface area contributed by atoms with Crippen molar-refractivity contribution in [2.45, 2.75) is 32.7 Å². The maximum absolute atomic E-state index is 13.4. The SMILES string of the molecule is CCCNC(Cc1cc(F)ccc1Br)c1ncc(C)cn1. The summed E-state index contributed by atoms with van der Waals surface area (Å²) in [7, 11) is 0. The molecule has 1 atom stereocenters. The highest BCUT2D eigenvalue weighted by molar-refractivity contribution is 9.10. The third kappa shape index (κ3) is 4.58. The Morgan fingerprint density at radius 3 is 2.67 bits per heavy atom. The zero-order valence-corrected chi connectivity index (χ0v) is 13.8. The van der Waals surface area contributed by atoms with Gasteiger partial charge >= 0.3 is 0 Å². The van der Waals surface area contributed by atoms with Crippen LogP contribution in [0, 0.1) is 12.7 Å². The minimum absolute atomic E-state index is 0.0244. The molecule has 0 spiro atoms. The summed E-state index contributed by atoms with van der Waals surface area (Å²) in [5.41, 5.74) is 1.94. The monoisotopic (exact) mass is 351 g/mol. The lowest BCUT2D eigenvalue weighted by atomic mass is 10.0. The number of aromatic nitrogens is 2. The molecular weight excluding hydrogens is 333 g/mol. The van der Waals surface area contributed by atoms with E-state index in [4.69, 9.17) is 0 Å². The standard InChI is InChI=1S/C16H19BrFN3/c1-3-6-19-15(16-20-9-11(2)10-21-16)8-12-7-13(18)4-5-14(12)17/h4-5,7,9-10,15,19H,3,6,8H2,1-2H3. The number of rotatable bonds is 6. The fourth-order valence-corrected chi connectivity index (χ4v) is 2.48. The molecule has 0 aliphatic carbocycles. The van der Waals surface area contributed by atoms with Crippen molar-refractivity contribution in [2.24, 2.45) is 0 Å². The van der Waals surface area contributed by atoms with Crippen LogP contribution in [-0.2, 0) is 6.42 Å². The molecule has 1 aromatic heterocycles. The highest BCUT2D eigenvalue weighted by atomic mass is 79.9. The predicted octanol–water partition coefficient (Wildman–Crippen LogP) is 3.97. The van der Waals surface area contributed by atoms with E-state index in [0.717, 1.165) is 34.4 Å². The highest BCUT2D eigenvalue weighted by Gasteiger charge is 2.16. The van der Waals surface area contributed by atoms with Crippen LogP contribution in [0.1, 0.15) is 36.3 Å². The van der Waals surface area contributed by atoms with Gasteiger partial charge in [0.05, 0.1) is 6.04 Å². The maximum Gasteiger partial charge on any atom is 0.145 e. The molecule has 0 aliphatic rings. The number of benzene rings is 1.